The molecule has 1 aromatic rings. The molecule has 1 atom stereocenters. The van der Waals surface area contributed by atoms with Crippen LogP contribution in [0.15, 0.2) is 6.33 Å². The van der Waals surface area contributed by atoms with Crippen molar-refractivity contribution in [1.82, 2.24) is 9.97 Å². The van der Waals surface area contributed by atoms with Crippen LogP contribution in [-0.4, -0.2) is 28.5 Å². The van der Waals surface area contributed by atoms with Crippen LogP contribution in [0.3, 0.4) is 0 Å². The highest BCUT2D eigenvalue weighted by atomic mass is 35.5. The van der Waals surface area contributed by atoms with Crippen LogP contribution in [0.2, 0.25) is 10.2 Å². The first-order valence-corrected chi connectivity index (χ1v) is 5.07. The van der Waals surface area contributed by atoms with Crippen LogP contribution < -0.4 is 10.6 Å². The lowest BCUT2D eigenvalue weighted by atomic mass is 10.3. The van der Waals surface area contributed by atoms with Crippen molar-refractivity contribution in [2.75, 3.05) is 11.4 Å². The largest absolute Gasteiger partial charge is 0.326 e. The Kier molecular flexibility index (Phi) is 2.77. The molecule has 15 heavy (non-hydrogen) atoms. The lowest BCUT2D eigenvalue weighted by Crippen LogP contribution is -2.29. The fraction of sp³-hybridized carbons (Fsp3) is 0.375. The second kappa shape index (κ2) is 3.92. The van der Waals surface area contributed by atoms with Crippen molar-refractivity contribution in [3.8, 4) is 0 Å². The Labute approximate surface area is 96.2 Å². The maximum Gasteiger partial charge on any atom is 0.229 e. The van der Waals surface area contributed by atoms with Gasteiger partial charge in [-0.1, -0.05) is 23.2 Å². The van der Waals surface area contributed by atoms with E-state index in [0.717, 1.165) is 0 Å². The SMILES string of the molecule is NC1CC(=O)N(c2ncnc(Cl)c2Cl)C1. The van der Waals surface area contributed by atoms with Gasteiger partial charge in [0.2, 0.25) is 5.91 Å². The molecule has 1 aliphatic rings. The minimum absolute atomic E-state index is 0.0980. The highest BCUT2D eigenvalue weighted by molar-refractivity contribution is 6.43. The number of nitrogens with zero attached hydrogens (tertiary/aromatic N) is 3. The number of halogens is 2. The first kappa shape index (κ1) is 10.6. The number of hydrogen-bond donors (Lipinski definition) is 1. The van der Waals surface area contributed by atoms with E-state index in [1.807, 2.05) is 0 Å². The number of amides is 1. The average molecular weight is 247 g/mol. The van der Waals surface area contributed by atoms with E-state index in [1.165, 1.54) is 11.2 Å². The van der Waals surface area contributed by atoms with Gasteiger partial charge in [-0.05, 0) is 0 Å². The number of aromatic nitrogens is 2. The van der Waals surface area contributed by atoms with Crippen molar-refractivity contribution in [2.45, 2.75) is 12.5 Å². The molecular weight excluding hydrogens is 239 g/mol. The van der Waals surface area contributed by atoms with Gasteiger partial charge in [0.15, 0.2) is 11.0 Å². The second-order valence-corrected chi connectivity index (χ2v) is 4.01. The molecule has 0 aliphatic carbocycles. The molecule has 2 N–H and O–H groups in total. The van der Waals surface area contributed by atoms with Gasteiger partial charge in [-0.25, -0.2) is 9.97 Å². The Bertz CT molecular complexity index is 412. The molecule has 0 aromatic carbocycles. The number of rotatable bonds is 1. The standard InChI is InChI=1S/C8H8Cl2N4O/c9-6-7(10)12-3-13-8(6)14-2-4(11)1-5(14)15/h3-4H,1-2,11H2. The molecule has 0 radical (unpaired) electrons. The van der Waals surface area contributed by atoms with E-state index in [-0.39, 0.29) is 22.1 Å². The van der Waals surface area contributed by atoms with Crippen molar-refractivity contribution in [3.63, 3.8) is 0 Å². The average Bonchev–Trinajstić information content (AvgIpc) is 2.50. The lowest BCUT2D eigenvalue weighted by Gasteiger charge is -2.15. The molecule has 1 fully saturated rings. The van der Waals surface area contributed by atoms with Gasteiger partial charge in [-0.2, -0.15) is 0 Å². The number of carbonyl (C=O) groups excluding carboxylic acids is 1. The molecule has 1 saturated heterocycles. The molecule has 80 valence electrons. The molecule has 7 heteroatoms. The van der Waals surface area contributed by atoms with Gasteiger partial charge < -0.3 is 5.73 Å². The van der Waals surface area contributed by atoms with Gasteiger partial charge in [-0.3, -0.25) is 9.69 Å². The number of anilines is 1. The quantitative estimate of drug-likeness (QED) is 0.746. The summed E-state index contributed by atoms with van der Waals surface area (Å²) in [5.74, 6) is 0.230. The van der Waals surface area contributed by atoms with Crippen molar-refractivity contribution in [1.29, 1.82) is 0 Å². The summed E-state index contributed by atoms with van der Waals surface area (Å²) in [6, 6.07) is -0.178. The van der Waals surface area contributed by atoms with Gasteiger partial charge in [0.1, 0.15) is 11.3 Å². The third kappa shape index (κ3) is 1.90. The first-order chi connectivity index (χ1) is 7.09. The summed E-state index contributed by atoms with van der Waals surface area (Å²) in [6.07, 6.45) is 1.57. The number of hydrogen-bond acceptors (Lipinski definition) is 4. The van der Waals surface area contributed by atoms with Crippen LogP contribution >= 0.6 is 23.2 Å². The molecule has 1 amide bonds. The van der Waals surface area contributed by atoms with E-state index in [9.17, 15) is 4.79 Å². The Morgan fingerprint density at radius 2 is 2.20 bits per heavy atom. The predicted octanol–water partition coefficient (Wildman–Crippen LogP) is 0.847. The molecule has 0 spiro atoms. The van der Waals surface area contributed by atoms with E-state index < -0.39 is 0 Å². The third-order valence-corrected chi connectivity index (χ3v) is 2.87. The summed E-state index contributed by atoms with van der Waals surface area (Å²) in [5.41, 5.74) is 5.66. The second-order valence-electron chi connectivity index (χ2n) is 3.27. The minimum atomic E-state index is -0.178. The Morgan fingerprint density at radius 1 is 1.47 bits per heavy atom. The molecule has 2 heterocycles. The number of nitrogens with two attached hydrogens (primary N) is 1. The normalized spacial score (nSPS) is 21.1. The molecule has 1 unspecified atom stereocenters. The van der Waals surface area contributed by atoms with Crippen molar-refractivity contribution in [3.05, 3.63) is 16.5 Å². The topological polar surface area (TPSA) is 72.1 Å². The zero-order valence-corrected chi connectivity index (χ0v) is 9.16. The zero-order valence-electron chi connectivity index (χ0n) is 7.65. The van der Waals surface area contributed by atoms with Crippen LogP contribution in [0.25, 0.3) is 0 Å². The highest BCUT2D eigenvalue weighted by Gasteiger charge is 2.30. The van der Waals surface area contributed by atoms with Gasteiger partial charge in [-0.15, -0.1) is 0 Å². The molecule has 0 saturated carbocycles. The van der Waals surface area contributed by atoms with E-state index in [4.69, 9.17) is 28.9 Å². The van der Waals surface area contributed by atoms with Crippen molar-refractivity contribution < 1.29 is 4.79 Å². The highest BCUT2D eigenvalue weighted by Crippen LogP contribution is 2.30. The fourth-order valence-electron chi connectivity index (χ4n) is 1.47. The lowest BCUT2D eigenvalue weighted by molar-refractivity contribution is -0.117. The van der Waals surface area contributed by atoms with Gasteiger partial charge in [0, 0.05) is 19.0 Å². The van der Waals surface area contributed by atoms with E-state index in [0.29, 0.717) is 18.8 Å². The predicted molar refractivity (Wildman–Crippen MR) is 57.0 cm³/mol. The summed E-state index contributed by atoms with van der Waals surface area (Å²) in [4.78, 5) is 20.6. The van der Waals surface area contributed by atoms with Crippen LogP contribution in [-0.2, 0) is 4.79 Å². The summed E-state index contributed by atoms with van der Waals surface area (Å²) in [5, 5.41) is 0.316. The van der Waals surface area contributed by atoms with Crippen LogP contribution in [0.4, 0.5) is 5.82 Å². The first-order valence-electron chi connectivity index (χ1n) is 4.31. The maximum absolute atomic E-state index is 11.5. The van der Waals surface area contributed by atoms with E-state index >= 15 is 0 Å². The van der Waals surface area contributed by atoms with Gasteiger partial charge in [0.05, 0.1) is 0 Å². The van der Waals surface area contributed by atoms with Crippen molar-refractivity contribution in [2.24, 2.45) is 5.73 Å². The summed E-state index contributed by atoms with van der Waals surface area (Å²) in [7, 11) is 0. The smallest absolute Gasteiger partial charge is 0.229 e. The summed E-state index contributed by atoms with van der Waals surface area (Å²) >= 11 is 11.6. The van der Waals surface area contributed by atoms with Gasteiger partial charge in [0.25, 0.3) is 0 Å². The van der Waals surface area contributed by atoms with Crippen LogP contribution in [0.1, 0.15) is 6.42 Å². The summed E-state index contributed by atoms with van der Waals surface area (Å²) in [6.45, 7) is 0.409. The molecule has 1 aliphatic heterocycles. The monoisotopic (exact) mass is 246 g/mol. The van der Waals surface area contributed by atoms with Crippen LogP contribution in [0, 0.1) is 0 Å². The Hall–Kier alpha value is -0.910. The number of carbonyl (C=O) groups is 1. The van der Waals surface area contributed by atoms with E-state index in [2.05, 4.69) is 9.97 Å². The minimum Gasteiger partial charge on any atom is -0.326 e. The van der Waals surface area contributed by atoms with Gasteiger partial charge >= 0.3 is 0 Å². The maximum atomic E-state index is 11.5. The molecular formula is C8H8Cl2N4O. The fourth-order valence-corrected chi connectivity index (χ4v) is 1.80. The summed E-state index contributed by atoms with van der Waals surface area (Å²) < 4.78 is 0. The van der Waals surface area contributed by atoms with Crippen LogP contribution in [0.5, 0.6) is 0 Å². The Balaban J connectivity index is 2.38. The Morgan fingerprint density at radius 3 is 2.80 bits per heavy atom. The molecule has 1 aromatic heterocycles. The molecule has 0 bridgehead atoms. The zero-order chi connectivity index (χ0) is 11.0. The molecule has 2 rings (SSSR count). The molecule has 5 nitrogen and oxygen atoms in total. The van der Waals surface area contributed by atoms with Crippen molar-refractivity contribution >= 4 is 34.9 Å². The third-order valence-electron chi connectivity index (χ3n) is 2.14. The van der Waals surface area contributed by atoms with E-state index in [1.54, 1.807) is 0 Å².